The van der Waals surface area contributed by atoms with E-state index in [0.29, 0.717) is 19.4 Å². The Morgan fingerprint density at radius 1 is 1.56 bits per heavy atom. The van der Waals surface area contributed by atoms with E-state index in [1.807, 2.05) is 0 Å². The van der Waals surface area contributed by atoms with Gasteiger partial charge < -0.3 is 5.32 Å². The summed E-state index contributed by atoms with van der Waals surface area (Å²) in [5.41, 5.74) is 0. The Morgan fingerprint density at radius 3 is 2.94 bits per heavy atom. The number of nitrogens with zero attached hydrogens (tertiary/aromatic N) is 2. The molecule has 1 N–H and O–H groups in total. The van der Waals surface area contributed by atoms with Crippen molar-refractivity contribution in [2.45, 2.75) is 23.8 Å². The van der Waals surface area contributed by atoms with E-state index >= 15 is 0 Å². The number of sulfonamides is 1. The number of nitrogens with one attached hydrogen (secondary N) is 1. The Hall–Kier alpha value is -1.47. The van der Waals surface area contributed by atoms with Crippen LogP contribution in [0.5, 0.6) is 0 Å². The largest absolute Gasteiger partial charge is 0.358 e. The average Bonchev–Trinajstić information content (AvgIpc) is 2.89. The average molecular weight is 269 g/mol. The second-order valence-corrected chi connectivity index (χ2v) is 5.97. The first kappa shape index (κ1) is 13.0. The van der Waals surface area contributed by atoms with Gasteiger partial charge in [-0.15, -0.1) is 0 Å². The molecule has 1 fully saturated rings. The zero-order chi connectivity index (χ0) is 13.2. The van der Waals surface area contributed by atoms with Crippen LogP contribution in [0.15, 0.2) is 29.4 Å². The minimum absolute atomic E-state index is 0.126. The van der Waals surface area contributed by atoms with Crippen molar-refractivity contribution in [3.05, 3.63) is 24.5 Å². The van der Waals surface area contributed by atoms with Crippen LogP contribution in [-0.2, 0) is 14.8 Å². The molecule has 2 heterocycles. The van der Waals surface area contributed by atoms with Crippen LogP contribution >= 0.6 is 0 Å². The maximum Gasteiger partial charge on any atom is 0.245 e. The van der Waals surface area contributed by atoms with Gasteiger partial charge in [0, 0.05) is 26.0 Å². The summed E-state index contributed by atoms with van der Waals surface area (Å²) in [6.07, 6.45) is 4.06. The molecule has 1 amide bonds. The van der Waals surface area contributed by atoms with Crippen LogP contribution in [0.2, 0.25) is 0 Å². The number of amides is 1. The number of aromatic nitrogens is 1. The fraction of sp³-hybridized carbons (Fsp3) is 0.455. The van der Waals surface area contributed by atoms with Crippen molar-refractivity contribution in [1.29, 1.82) is 0 Å². The van der Waals surface area contributed by atoms with E-state index in [4.69, 9.17) is 0 Å². The number of hydrogen-bond donors (Lipinski definition) is 1. The minimum atomic E-state index is -3.63. The minimum Gasteiger partial charge on any atom is -0.358 e. The second kappa shape index (κ2) is 5.03. The Balaban J connectivity index is 2.33. The lowest BCUT2D eigenvalue weighted by Gasteiger charge is -2.22. The van der Waals surface area contributed by atoms with Crippen LogP contribution in [0.3, 0.4) is 0 Å². The summed E-state index contributed by atoms with van der Waals surface area (Å²) in [4.78, 5) is 15.6. The van der Waals surface area contributed by atoms with E-state index in [2.05, 4.69) is 10.3 Å². The summed E-state index contributed by atoms with van der Waals surface area (Å²) in [5.74, 6) is -0.264. The van der Waals surface area contributed by atoms with Gasteiger partial charge in [-0.3, -0.25) is 9.78 Å². The van der Waals surface area contributed by atoms with Crippen LogP contribution in [0, 0.1) is 0 Å². The van der Waals surface area contributed by atoms with E-state index in [1.165, 1.54) is 29.8 Å². The fourth-order valence-electron chi connectivity index (χ4n) is 2.09. The third kappa shape index (κ3) is 2.23. The Kier molecular flexibility index (Phi) is 3.63. The SMILES string of the molecule is CNC(=O)C1CCCN1S(=O)(=O)c1cccnc1. The van der Waals surface area contributed by atoms with Crippen molar-refractivity contribution >= 4 is 15.9 Å². The molecule has 0 saturated carbocycles. The molecule has 1 unspecified atom stereocenters. The highest BCUT2D eigenvalue weighted by molar-refractivity contribution is 7.89. The first-order chi connectivity index (χ1) is 8.57. The standard InChI is InChI=1S/C11H15N3O3S/c1-12-11(15)10-5-3-7-14(10)18(16,17)9-4-2-6-13-8-9/h2,4,6,8,10H,3,5,7H2,1H3,(H,12,15). The lowest BCUT2D eigenvalue weighted by Crippen LogP contribution is -2.44. The van der Waals surface area contributed by atoms with E-state index in [9.17, 15) is 13.2 Å². The smallest absolute Gasteiger partial charge is 0.245 e. The molecular weight excluding hydrogens is 254 g/mol. The molecule has 1 aromatic rings. The summed E-state index contributed by atoms with van der Waals surface area (Å²) >= 11 is 0. The van der Waals surface area contributed by atoms with Crippen molar-refractivity contribution in [1.82, 2.24) is 14.6 Å². The molecular formula is C11H15N3O3S. The molecule has 98 valence electrons. The summed E-state index contributed by atoms with van der Waals surface area (Å²) in [6, 6.07) is 2.44. The van der Waals surface area contributed by atoms with Crippen LogP contribution < -0.4 is 5.32 Å². The Bertz CT molecular complexity index is 530. The lowest BCUT2D eigenvalue weighted by atomic mass is 10.2. The van der Waals surface area contributed by atoms with Crippen molar-refractivity contribution < 1.29 is 13.2 Å². The highest BCUT2D eigenvalue weighted by atomic mass is 32.2. The second-order valence-electron chi connectivity index (χ2n) is 4.08. The highest BCUT2D eigenvalue weighted by Gasteiger charge is 2.38. The summed E-state index contributed by atoms with van der Waals surface area (Å²) < 4.78 is 26.0. The molecule has 2 rings (SSSR count). The molecule has 1 aromatic heterocycles. The Morgan fingerprint density at radius 2 is 2.33 bits per heavy atom. The van der Waals surface area contributed by atoms with Crippen molar-refractivity contribution in [3.63, 3.8) is 0 Å². The third-order valence-electron chi connectivity index (χ3n) is 2.99. The molecule has 1 saturated heterocycles. The molecule has 1 atom stereocenters. The zero-order valence-corrected chi connectivity index (χ0v) is 10.9. The number of hydrogen-bond acceptors (Lipinski definition) is 4. The van der Waals surface area contributed by atoms with Gasteiger partial charge in [-0.25, -0.2) is 8.42 Å². The number of rotatable bonds is 3. The maximum absolute atomic E-state index is 12.4. The van der Waals surface area contributed by atoms with Gasteiger partial charge in [0.15, 0.2) is 0 Å². The quantitative estimate of drug-likeness (QED) is 0.836. The van der Waals surface area contributed by atoms with E-state index in [-0.39, 0.29) is 10.8 Å². The summed E-state index contributed by atoms with van der Waals surface area (Å²) in [6.45, 7) is 0.370. The van der Waals surface area contributed by atoms with Crippen molar-refractivity contribution in [2.75, 3.05) is 13.6 Å². The molecule has 0 radical (unpaired) electrons. The third-order valence-corrected chi connectivity index (χ3v) is 4.89. The van der Waals surface area contributed by atoms with Gasteiger partial charge in [0.2, 0.25) is 15.9 Å². The fourth-order valence-corrected chi connectivity index (χ4v) is 3.71. The molecule has 0 aromatic carbocycles. The van der Waals surface area contributed by atoms with Crippen LogP contribution in [-0.4, -0.2) is 43.2 Å². The Labute approximate surface area is 106 Å². The molecule has 1 aliphatic heterocycles. The number of likely N-dealkylation sites (N-methyl/N-ethyl adjacent to an activating group) is 1. The molecule has 0 aliphatic carbocycles. The van der Waals surface area contributed by atoms with Gasteiger partial charge in [0.1, 0.15) is 10.9 Å². The molecule has 18 heavy (non-hydrogen) atoms. The topological polar surface area (TPSA) is 79.4 Å². The number of carbonyl (C=O) groups excluding carboxylic acids is 1. The predicted octanol–water partition coefficient (Wildman–Crippen LogP) is -0.0193. The van der Waals surface area contributed by atoms with Crippen molar-refractivity contribution in [2.24, 2.45) is 0 Å². The molecule has 0 spiro atoms. The molecule has 1 aliphatic rings. The van der Waals surface area contributed by atoms with Gasteiger partial charge in [0.25, 0.3) is 0 Å². The van der Waals surface area contributed by atoms with Gasteiger partial charge >= 0.3 is 0 Å². The highest BCUT2D eigenvalue weighted by Crippen LogP contribution is 2.25. The van der Waals surface area contributed by atoms with Gasteiger partial charge in [-0.05, 0) is 25.0 Å². The number of carbonyl (C=O) groups is 1. The van der Waals surface area contributed by atoms with Crippen molar-refractivity contribution in [3.8, 4) is 0 Å². The van der Waals surface area contributed by atoms with Gasteiger partial charge in [-0.2, -0.15) is 4.31 Å². The predicted molar refractivity (Wildman–Crippen MR) is 65.2 cm³/mol. The van der Waals surface area contributed by atoms with Crippen LogP contribution in [0.1, 0.15) is 12.8 Å². The maximum atomic E-state index is 12.4. The molecule has 0 bridgehead atoms. The monoisotopic (exact) mass is 269 g/mol. The first-order valence-electron chi connectivity index (χ1n) is 5.71. The molecule has 7 heteroatoms. The summed E-state index contributed by atoms with van der Waals surface area (Å²) in [7, 11) is -2.12. The zero-order valence-electron chi connectivity index (χ0n) is 10.0. The van der Waals surface area contributed by atoms with Gasteiger partial charge in [0.05, 0.1) is 0 Å². The van der Waals surface area contributed by atoms with E-state index in [1.54, 1.807) is 6.07 Å². The van der Waals surface area contributed by atoms with Gasteiger partial charge in [-0.1, -0.05) is 0 Å². The first-order valence-corrected chi connectivity index (χ1v) is 7.15. The van der Waals surface area contributed by atoms with E-state index < -0.39 is 16.1 Å². The number of pyridine rings is 1. The van der Waals surface area contributed by atoms with Crippen LogP contribution in [0.25, 0.3) is 0 Å². The van der Waals surface area contributed by atoms with Crippen LogP contribution in [0.4, 0.5) is 0 Å². The lowest BCUT2D eigenvalue weighted by molar-refractivity contribution is -0.123. The van der Waals surface area contributed by atoms with E-state index in [0.717, 1.165) is 0 Å². The normalized spacial score (nSPS) is 20.8. The summed E-state index contributed by atoms with van der Waals surface area (Å²) in [5, 5.41) is 2.50. The molecule has 6 nitrogen and oxygen atoms in total.